The zero-order valence-electron chi connectivity index (χ0n) is 14.9. The molecule has 2 aromatic carbocycles. The van der Waals surface area contributed by atoms with E-state index < -0.39 is 17.5 Å². The van der Waals surface area contributed by atoms with E-state index in [9.17, 15) is 20.1 Å². The predicted octanol–water partition coefficient (Wildman–Crippen LogP) is 2.65. The quantitative estimate of drug-likeness (QED) is 0.645. The maximum atomic E-state index is 12.7. The van der Waals surface area contributed by atoms with Crippen LogP contribution in [0.4, 0.5) is 0 Å². The number of aliphatic hydroxyl groups is 1. The summed E-state index contributed by atoms with van der Waals surface area (Å²) in [6, 6.07) is 11.7. The lowest BCUT2D eigenvalue weighted by Crippen LogP contribution is -2.40. The number of phenols is 2. The number of benzene rings is 2. The number of piperidine rings is 1. The summed E-state index contributed by atoms with van der Waals surface area (Å²) in [5.74, 6) is -0.552. The van der Waals surface area contributed by atoms with Crippen molar-refractivity contribution in [3.8, 4) is 22.8 Å². The van der Waals surface area contributed by atoms with Crippen LogP contribution in [0.5, 0.6) is 11.5 Å². The molecule has 0 aliphatic carbocycles. The molecule has 6 heteroatoms. The summed E-state index contributed by atoms with van der Waals surface area (Å²) in [4.78, 5) is 14.7. The normalized spacial score (nSPS) is 20.8. The van der Waals surface area contributed by atoms with Crippen LogP contribution in [0.2, 0.25) is 0 Å². The number of fused-ring (bicyclic) bond motifs is 1. The number of aromatic hydroxyl groups is 2. The molecule has 0 saturated carbocycles. The number of β-amino-alcohol motifs (C(OH)–C–C–N with tert-alkyl or cyclic N) is 1. The third kappa shape index (κ3) is 3.07. The highest BCUT2D eigenvalue weighted by Gasteiger charge is 2.32. The molecule has 140 valence electrons. The maximum absolute atomic E-state index is 12.7. The Balaban J connectivity index is 1.98. The molecule has 2 heterocycles. The lowest BCUT2D eigenvalue weighted by molar-refractivity contribution is 0.0631. The molecule has 3 aromatic rings. The largest absolute Gasteiger partial charge is 0.507 e. The van der Waals surface area contributed by atoms with E-state index in [-0.39, 0.29) is 22.5 Å². The van der Waals surface area contributed by atoms with Gasteiger partial charge in [0.1, 0.15) is 28.2 Å². The minimum absolute atomic E-state index is 0.0219. The molecule has 0 unspecified atom stereocenters. The topological polar surface area (TPSA) is 94.1 Å². The van der Waals surface area contributed by atoms with E-state index in [1.807, 2.05) is 42.3 Å². The smallest absolute Gasteiger partial charge is 0.197 e. The van der Waals surface area contributed by atoms with Crippen LogP contribution in [0, 0.1) is 0 Å². The summed E-state index contributed by atoms with van der Waals surface area (Å²) in [7, 11) is 1.92. The van der Waals surface area contributed by atoms with Gasteiger partial charge in [0.2, 0.25) is 0 Å². The molecular formula is C21H21NO5. The highest BCUT2D eigenvalue weighted by molar-refractivity contribution is 5.89. The summed E-state index contributed by atoms with van der Waals surface area (Å²) in [6.07, 6.45) is -0.113. The average molecular weight is 367 g/mol. The third-order valence-electron chi connectivity index (χ3n) is 5.21. The standard InChI is InChI=1S/C21H21NO5/c1-22-8-7-13(17(26)11-22)19-14(23)9-15(24)20-16(25)10-18(27-21(19)20)12-5-3-2-4-6-12/h2-6,9-10,13,17,23-24,26H,7-8,11H2,1H3/t13-,17+/m0/s1. The van der Waals surface area contributed by atoms with Crippen molar-refractivity contribution in [2.75, 3.05) is 20.1 Å². The number of nitrogens with zero attached hydrogens (tertiary/aromatic N) is 1. The van der Waals surface area contributed by atoms with Crippen LogP contribution in [0.1, 0.15) is 17.9 Å². The SMILES string of the molecule is CN1CC[C@H](c2c(O)cc(O)c3c(=O)cc(-c4ccccc4)oc23)[C@H](O)C1. The van der Waals surface area contributed by atoms with Crippen molar-refractivity contribution < 1.29 is 19.7 Å². The van der Waals surface area contributed by atoms with Gasteiger partial charge in [0.25, 0.3) is 0 Å². The first kappa shape index (κ1) is 17.6. The average Bonchev–Trinajstić information content (AvgIpc) is 2.63. The molecule has 2 atom stereocenters. The van der Waals surface area contributed by atoms with Gasteiger partial charge in [-0.3, -0.25) is 4.79 Å². The van der Waals surface area contributed by atoms with Crippen molar-refractivity contribution in [3.63, 3.8) is 0 Å². The highest BCUT2D eigenvalue weighted by Crippen LogP contribution is 2.42. The van der Waals surface area contributed by atoms with E-state index in [1.54, 1.807) is 0 Å². The summed E-state index contributed by atoms with van der Waals surface area (Å²) < 4.78 is 6.01. The van der Waals surface area contributed by atoms with Crippen LogP contribution in [0.25, 0.3) is 22.3 Å². The summed E-state index contributed by atoms with van der Waals surface area (Å²) in [5, 5.41) is 31.4. The molecule has 6 nitrogen and oxygen atoms in total. The van der Waals surface area contributed by atoms with E-state index >= 15 is 0 Å². The molecule has 0 radical (unpaired) electrons. The number of hydrogen-bond acceptors (Lipinski definition) is 6. The Hall–Kier alpha value is -2.83. The van der Waals surface area contributed by atoms with Gasteiger partial charge in [0.15, 0.2) is 5.43 Å². The molecule has 0 amide bonds. The predicted molar refractivity (Wildman–Crippen MR) is 102 cm³/mol. The molecule has 0 spiro atoms. The number of rotatable bonds is 2. The second-order valence-electron chi connectivity index (χ2n) is 7.10. The van der Waals surface area contributed by atoms with Crippen molar-refractivity contribution in [2.24, 2.45) is 0 Å². The Morgan fingerprint density at radius 1 is 1.11 bits per heavy atom. The molecule has 3 N–H and O–H groups in total. The Labute approximate surface area is 155 Å². The summed E-state index contributed by atoms with van der Waals surface area (Å²) in [6.45, 7) is 1.20. The number of phenolic OH excluding ortho intramolecular Hbond substituents is 2. The highest BCUT2D eigenvalue weighted by atomic mass is 16.3. The maximum Gasteiger partial charge on any atom is 0.197 e. The van der Waals surface area contributed by atoms with Gasteiger partial charge in [-0.05, 0) is 20.0 Å². The molecule has 1 aromatic heterocycles. The Kier molecular flexibility index (Phi) is 4.37. The van der Waals surface area contributed by atoms with Crippen molar-refractivity contribution >= 4 is 11.0 Å². The lowest BCUT2D eigenvalue weighted by Gasteiger charge is -2.34. The zero-order chi connectivity index (χ0) is 19.1. The molecule has 0 bridgehead atoms. The van der Waals surface area contributed by atoms with Crippen LogP contribution in [-0.2, 0) is 0 Å². The van der Waals surface area contributed by atoms with Gasteiger partial charge in [0.05, 0.1) is 6.10 Å². The number of aliphatic hydroxyl groups excluding tert-OH is 1. The van der Waals surface area contributed by atoms with Gasteiger partial charge in [0, 0.05) is 35.7 Å². The lowest BCUT2D eigenvalue weighted by atomic mass is 9.85. The fourth-order valence-corrected chi connectivity index (χ4v) is 3.85. The van der Waals surface area contributed by atoms with Crippen LogP contribution >= 0.6 is 0 Å². The van der Waals surface area contributed by atoms with Gasteiger partial charge in [-0.2, -0.15) is 0 Å². The van der Waals surface area contributed by atoms with Crippen molar-refractivity contribution in [2.45, 2.75) is 18.4 Å². The van der Waals surface area contributed by atoms with E-state index in [2.05, 4.69) is 0 Å². The first-order chi connectivity index (χ1) is 13.0. The molecule has 27 heavy (non-hydrogen) atoms. The minimum atomic E-state index is -0.715. The Morgan fingerprint density at radius 2 is 1.85 bits per heavy atom. The second kappa shape index (κ2) is 6.72. The number of hydrogen-bond donors (Lipinski definition) is 3. The fraction of sp³-hybridized carbons (Fsp3) is 0.286. The monoisotopic (exact) mass is 367 g/mol. The van der Waals surface area contributed by atoms with Crippen molar-refractivity contribution in [1.29, 1.82) is 0 Å². The first-order valence-electron chi connectivity index (χ1n) is 8.90. The molecular weight excluding hydrogens is 346 g/mol. The van der Waals surface area contributed by atoms with Gasteiger partial charge in [-0.25, -0.2) is 0 Å². The number of likely N-dealkylation sites (tertiary alicyclic amines) is 1. The molecule has 1 aliphatic heterocycles. The van der Waals surface area contributed by atoms with Crippen LogP contribution < -0.4 is 5.43 Å². The van der Waals surface area contributed by atoms with E-state index in [4.69, 9.17) is 4.42 Å². The summed E-state index contributed by atoms with van der Waals surface area (Å²) in [5.41, 5.74) is 0.830. The van der Waals surface area contributed by atoms with E-state index in [0.29, 0.717) is 29.9 Å². The molecule has 1 saturated heterocycles. The van der Waals surface area contributed by atoms with Crippen molar-refractivity contribution in [3.05, 3.63) is 58.3 Å². The Bertz CT molecular complexity index is 1040. The van der Waals surface area contributed by atoms with Crippen molar-refractivity contribution in [1.82, 2.24) is 4.90 Å². The second-order valence-corrected chi connectivity index (χ2v) is 7.10. The van der Waals surface area contributed by atoms with Gasteiger partial charge < -0.3 is 24.6 Å². The first-order valence-corrected chi connectivity index (χ1v) is 8.90. The summed E-state index contributed by atoms with van der Waals surface area (Å²) >= 11 is 0. The molecule has 4 rings (SSSR count). The van der Waals surface area contributed by atoms with Gasteiger partial charge in [-0.15, -0.1) is 0 Å². The fourth-order valence-electron chi connectivity index (χ4n) is 3.85. The van der Waals surface area contributed by atoms with Gasteiger partial charge in [-0.1, -0.05) is 30.3 Å². The molecule has 1 fully saturated rings. The van der Waals surface area contributed by atoms with Crippen LogP contribution in [0.15, 0.2) is 51.7 Å². The zero-order valence-corrected chi connectivity index (χ0v) is 14.9. The van der Waals surface area contributed by atoms with Crippen LogP contribution in [-0.4, -0.2) is 46.5 Å². The number of likely N-dealkylation sites (N-methyl/N-ethyl adjacent to an activating group) is 1. The van der Waals surface area contributed by atoms with E-state index in [0.717, 1.165) is 12.6 Å². The van der Waals surface area contributed by atoms with Crippen LogP contribution in [0.3, 0.4) is 0 Å². The van der Waals surface area contributed by atoms with Gasteiger partial charge >= 0.3 is 0 Å². The molecule has 1 aliphatic rings. The minimum Gasteiger partial charge on any atom is -0.507 e. The third-order valence-corrected chi connectivity index (χ3v) is 5.21. The Morgan fingerprint density at radius 3 is 2.56 bits per heavy atom. The van der Waals surface area contributed by atoms with E-state index in [1.165, 1.54) is 6.07 Å².